The second kappa shape index (κ2) is 4.45. The van der Waals surface area contributed by atoms with Crippen LogP contribution in [0.25, 0.3) is 5.65 Å². The zero-order valence-electron chi connectivity index (χ0n) is 10.6. The van der Waals surface area contributed by atoms with Gasteiger partial charge in [-0.3, -0.25) is 0 Å². The second-order valence-electron chi connectivity index (χ2n) is 4.49. The van der Waals surface area contributed by atoms with Crippen molar-refractivity contribution in [3.63, 3.8) is 0 Å². The molecule has 2 aromatic heterocycles. The molecule has 6 nitrogen and oxygen atoms in total. The van der Waals surface area contributed by atoms with E-state index in [2.05, 4.69) is 27.1 Å². The third-order valence-electron chi connectivity index (χ3n) is 3.15. The standard InChI is InChI=1S/C12H17N5O/c1-9-7-17(5-6-18-9)12-11-14-3-4-16(11)8-10(13-2)15-12/h3-4,8-9,13H,5-7H2,1-2H3. The molecule has 1 N–H and O–H groups in total. The minimum atomic E-state index is 0.230. The summed E-state index contributed by atoms with van der Waals surface area (Å²) in [5, 5.41) is 3.08. The van der Waals surface area contributed by atoms with E-state index < -0.39 is 0 Å². The highest BCUT2D eigenvalue weighted by atomic mass is 16.5. The highest BCUT2D eigenvalue weighted by Gasteiger charge is 2.21. The minimum absolute atomic E-state index is 0.230. The van der Waals surface area contributed by atoms with Crippen LogP contribution in [-0.4, -0.2) is 47.2 Å². The van der Waals surface area contributed by atoms with Gasteiger partial charge in [0.05, 0.1) is 18.9 Å². The Morgan fingerprint density at radius 2 is 2.39 bits per heavy atom. The van der Waals surface area contributed by atoms with Crippen molar-refractivity contribution < 1.29 is 4.74 Å². The number of hydrogen-bond donors (Lipinski definition) is 1. The van der Waals surface area contributed by atoms with Crippen LogP contribution in [0.5, 0.6) is 0 Å². The Morgan fingerprint density at radius 1 is 1.50 bits per heavy atom. The average molecular weight is 247 g/mol. The Hall–Kier alpha value is -1.82. The van der Waals surface area contributed by atoms with Crippen molar-refractivity contribution in [2.24, 2.45) is 0 Å². The minimum Gasteiger partial charge on any atom is -0.375 e. The van der Waals surface area contributed by atoms with Crippen LogP contribution >= 0.6 is 0 Å². The lowest BCUT2D eigenvalue weighted by molar-refractivity contribution is 0.0530. The number of fused-ring (bicyclic) bond motifs is 1. The molecular weight excluding hydrogens is 230 g/mol. The lowest BCUT2D eigenvalue weighted by atomic mass is 10.3. The van der Waals surface area contributed by atoms with E-state index >= 15 is 0 Å². The summed E-state index contributed by atoms with van der Waals surface area (Å²) in [4.78, 5) is 11.2. The summed E-state index contributed by atoms with van der Waals surface area (Å²) in [6.45, 7) is 4.52. The van der Waals surface area contributed by atoms with Gasteiger partial charge in [-0.2, -0.15) is 0 Å². The third kappa shape index (κ3) is 1.88. The number of rotatable bonds is 2. The normalized spacial score (nSPS) is 20.3. The van der Waals surface area contributed by atoms with E-state index in [1.165, 1.54) is 0 Å². The Labute approximate surface area is 106 Å². The van der Waals surface area contributed by atoms with Crippen molar-refractivity contribution in [3.05, 3.63) is 18.6 Å². The molecule has 1 unspecified atom stereocenters. The molecule has 0 amide bonds. The topological polar surface area (TPSA) is 54.7 Å². The van der Waals surface area contributed by atoms with E-state index in [0.717, 1.165) is 37.0 Å². The highest BCUT2D eigenvalue weighted by molar-refractivity contribution is 5.67. The summed E-state index contributed by atoms with van der Waals surface area (Å²) in [5.41, 5.74) is 0.892. The molecule has 3 heterocycles. The van der Waals surface area contributed by atoms with Crippen molar-refractivity contribution in [2.45, 2.75) is 13.0 Å². The molecule has 0 bridgehead atoms. The monoisotopic (exact) mass is 247 g/mol. The van der Waals surface area contributed by atoms with Crippen LogP contribution in [0.1, 0.15) is 6.92 Å². The summed E-state index contributed by atoms with van der Waals surface area (Å²) < 4.78 is 7.56. The van der Waals surface area contributed by atoms with E-state index in [-0.39, 0.29) is 6.10 Å². The third-order valence-corrected chi connectivity index (χ3v) is 3.15. The SMILES string of the molecule is CNc1cn2ccnc2c(N2CCOC(C)C2)n1. The van der Waals surface area contributed by atoms with Crippen LogP contribution in [0.3, 0.4) is 0 Å². The van der Waals surface area contributed by atoms with Gasteiger partial charge in [-0.25, -0.2) is 9.97 Å². The van der Waals surface area contributed by atoms with Crippen molar-refractivity contribution in [3.8, 4) is 0 Å². The first-order valence-corrected chi connectivity index (χ1v) is 6.16. The lowest BCUT2D eigenvalue weighted by Gasteiger charge is -2.32. The van der Waals surface area contributed by atoms with E-state index in [1.807, 2.05) is 23.8 Å². The van der Waals surface area contributed by atoms with Crippen LogP contribution in [-0.2, 0) is 4.74 Å². The van der Waals surface area contributed by atoms with Crippen molar-refractivity contribution in [1.82, 2.24) is 14.4 Å². The summed E-state index contributed by atoms with van der Waals surface area (Å²) in [6.07, 6.45) is 5.90. The maximum Gasteiger partial charge on any atom is 0.180 e. The first-order chi connectivity index (χ1) is 8.78. The number of imidazole rings is 1. The zero-order chi connectivity index (χ0) is 12.5. The van der Waals surface area contributed by atoms with Crippen molar-refractivity contribution in [1.29, 1.82) is 0 Å². The second-order valence-corrected chi connectivity index (χ2v) is 4.49. The van der Waals surface area contributed by atoms with Gasteiger partial charge < -0.3 is 19.4 Å². The fourth-order valence-electron chi connectivity index (χ4n) is 2.26. The molecule has 1 aliphatic rings. The Balaban J connectivity index is 2.05. The maximum absolute atomic E-state index is 5.57. The van der Waals surface area contributed by atoms with Gasteiger partial charge in [0.1, 0.15) is 5.82 Å². The van der Waals surface area contributed by atoms with Gasteiger partial charge in [0.25, 0.3) is 0 Å². The molecule has 0 spiro atoms. The Kier molecular flexibility index (Phi) is 2.79. The molecule has 1 atom stereocenters. The summed E-state index contributed by atoms with van der Waals surface area (Å²) in [6, 6.07) is 0. The number of hydrogen-bond acceptors (Lipinski definition) is 5. The molecule has 0 aromatic carbocycles. The highest BCUT2D eigenvalue weighted by Crippen LogP contribution is 2.22. The number of nitrogens with one attached hydrogen (secondary N) is 1. The smallest absolute Gasteiger partial charge is 0.180 e. The molecule has 96 valence electrons. The quantitative estimate of drug-likeness (QED) is 0.858. The van der Waals surface area contributed by atoms with Crippen LogP contribution in [0.4, 0.5) is 11.6 Å². The van der Waals surface area contributed by atoms with Crippen LogP contribution in [0, 0.1) is 0 Å². The van der Waals surface area contributed by atoms with E-state index in [1.54, 1.807) is 6.20 Å². The summed E-state index contributed by atoms with van der Waals surface area (Å²) >= 11 is 0. The fraction of sp³-hybridized carbons (Fsp3) is 0.500. The van der Waals surface area contributed by atoms with Gasteiger partial charge in [0.15, 0.2) is 11.5 Å². The zero-order valence-corrected chi connectivity index (χ0v) is 10.6. The van der Waals surface area contributed by atoms with E-state index in [9.17, 15) is 0 Å². The number of anilines is 2. The molecule has 1 aliphatic heterocycles. The van der Waals surface area contributed by atoms with Gasteiger partial charge in [-0.15, -0.1) is 0 Å². The predicted octanol–water partition coefficient (Wildman–Crippen LogP) is 0.996. The van der Waals surface area contributed by atoms with E-state index in [0.29, 0.717) is 0 Å². The molecule has 0 radical (unpaired) electrons. The van der Waals surface area contributed by atoms with E-state index in [4.69, 9.17) is 4.74 Å². The molecule has 1 fully saturated rings. The fourth-order valence-corrected chi connectivity index (χ4v) is 2.26. The first kappa shape index (κ1) is 11.3. The Bertz CT molecular complexity index is 552. The largest absolute Gasteiger partial charge is 0.375 e. The number of nitrogens with zero attached hydrogens (tertiary/aromatic N) is 4. The average Bonchev–Trinajstić information content (AvgIpc) is 2.85. The van der Waals surface area contributed by atoms with Crippen LogP contribution in [0.2, 0.25) is 0 Å². The van der Waals surface area contributed by atoms with Gasteiger partial charge >= 0.3 is 0 Å². The van der Waals surface area contributed by atoms with Gasteiger partial charge in [0.2, 0.25) is 0 Å². The first-order valence-electron chi connectivity index (χ1n) is 6.16. The molecule has 6 heteroatoms. The lowest BCUT2D eigenvalue weighted by Crippen LogP contribution is -2.41. The Morgan fingerprint density at radius 3 is 3.17 bits per heavy atom. The number of ether oxygens (including phenoxy) is 1. The van der Waals surface area contributed by atoms with Crippen molar-refractivity contribution in [2.75, 3.05) is 37.0 Å². The summed E-state index contributed by atoms with van der Waals surface area (Å²) in [5.74, 6) is 1.76. The van der Waals surface area contributed by atoms with Crippen LogP contribution < -0.4 is 10.2 Å². The van der Waals surface area contributed by atoms with Crippen LogP contribution in [0.15, 0.2) is 18.6 Å². The predicted molar refractivity (Wildman–Crippen MR) is 70.2 cm³/mol. The van der Waals surface area contributed by atoms with Gasteiger partial charge in [0, 0.05) is 32.5 Å². The molecule has 18 heavy (non-hydrogen) atoms. The summed E-state index contributed by atoms with van der Waals surface area (Å²) in [7, 11) is 1.87. The van der Waals surface area contributed by atoms with Gasteiger partial charge in [-0.1, -0.05) is 0 Å². The maximum atomic E-state index is 5.57. The van der Waals surface area contributed by atoms with Crippen molar-refractivity contribution >= 4 is 17.3 Å². The molecule has 1 saturated heterocycles. The molecule has 3 rings (SSSR count). The molecule has 0 aliphatic carbocycles. The number of aromatic nitrogens is 3. The molecule has 2 aromatic rings. The number of morpholine rings is 1. The molecular formula is C12H17N5O. The van der Waals surface area contributed by atoms with Gasteiger partial charge in [-0.05, 0) is 6.92 Å². The molecule has 0 saturated carbocycles.